The molecule has 0 fully saturated rings. The fraction of sp³-hybridized carbons (Fsp3) is 0.300. The minimum atomic E-state index is -3.23. The first kappa shape index (κ1) is 12.9. The average Bonchev–Trinajstić information content (AvgIpc) is 2.16. The fourth-order valence-corrected chi connectivity index (χ4v) is 1.74. The van der Waals surface area contributed by atoms with Crippen molar-refractivity contribution in [3.63, 3.8) is 0 Å². The Balaban J connectivity index is 2.96. The molecule has 2 N–H and O–H groups in total. The summed E-state index contributed by atoms with van der Waals surface area (Å²) >= 11 is 4.76. The van der Waals surface area contributed by atoms with E-state index in [1.807, 2.05) is 0 Å². The molecular formula is C10H13NO3S2. The van der Waals surface area contributed by atoms with Crippen molar-refractivity contribution in [2.24, 2.45) is 5.73 Å². The minimum Gasteiger partial charge on any atom is -0.484 e. The van der Waals surface area contributed by atoms with Gasteiger partial charge in [-0.3, -0.25) is 0 Å². The van der Waals surface area contributed by atoms with Gasteiger partial charge < -0.3 is 10.5 Å². The molecule has 0 bridgehead atoms. The van der Waals surface area contributed by atoms with Crippen molar-refractivity contribution in [3.05, 3.63) is 24.3 Å². The van der Waals surface area contributed by atoms with Crippen molar-refractivity contribution in [1.29, 1.82) is 0 Å². The Kier molecular flexibility index (Phi) is 3.88. The molecule has 0 spiro atoms. The highest BCUT2D eigenvalue weighted by molar-refractivity contribution is 7.90. The van der Waals surface area contributed by atoms with E-state index in [-0.39, 0.29) is 9.88 Å². The molecule has 0 amide bonds. The zero-order valence-corrected chi connectivity index (χ0v) is 10.6. The second-order valence-corrected chi connectivity index (χ2v) is 5.90. The van der Waals surface area contributed by atoms with E-state index < -0.39 is 15.9 Å². The number of benzene rings is 1. The van der Waals surface area contributed by atoms with E-state index in [2.05, 4.69) is 0 Å². The van der Waals surface area contributed by atoms with Crippen LogP contribution in [0.2, 0.25) is 0 Å². The Morgan fingerprint density at radius 1 is 1.50 bits per heavy atom. The maximum atomic E-state index is 11.3. The number of ether oxygens (including phenoxy) is 1. The topological polar surface area (TPSA) is 69.4 Å². The van der Waals surface area contributed by atoms with Crippen LogP contribution in [0.3, 0.4) is 0 Å². The summed E-state index contributed by atoms with van der Waals surface area (Å²) in [4.78, 5) is 0.435. The quantitative estimate of drug-likeness (QED) is 0.821. The Bertz CT molecular complexity index is 497. The second-order valence-electron chi connectivity index (χ2n) is 3.41. The third-order valence-corrected chi connectivity index (χ3v) is 3.39. The number of hydrogen-bond donors (Lipinski definition) is 1. The van der Waals surface area contributed by atoms with Gasteiger partial charge in [0, 0.05) is 6.26 Å². The molecule has 4 nitrogen and oxygen atoms in total. The average molecular weight is 259 g/mol. The van der Waals surface area contributed by atoms with Crippen molar-refractivity contribution in [2.75, 3.05) is 6.26 Å². The summed E-state index contributed by atoms with van der Waals surface area (Å²) in [6.45, 7) is 1.70. The van der Waals surface area contributed by atoms with E-state index >= 15 is 0 Å². The molecule has 0 aliphatic carbocycles. The summed E-state index contributed by atoms with van der Waals surface area (Å²) in [5.41, 5.74) is 5.40. The van der Waals surface area contributed by atoms with Gasteiger partial charge in [0.05, 0.1) is 4.90 Å². The van der Waals surface area contributed by atoms with E-state index in [9.17, 15) is 8.42 Å². The second kappa shape index (κ2) is 4.80. The van der Waals surface area contributed by atoms with Crippen molar-refractivity contribution in [3.8, 4) is 5.75 Å². The molecule has 1 unspecified atom stereocenters. The Hall–Kier alpha value is -1.14. The van der Waals surface area contributed by atoms with Gasteiger partial charge in [0.1, 0.15) is 16.8 Å². The number of hydrogen-bond acceptors (Lipinski definition) is 4. The lowest BCUT2D eigenvalue weighted by Crippen LogP contribution is -2.28. The molecule has 1 rings (SSSR count). The first-order valence-electron chi connectivity index (χ1n) is 4.57. The predicted molar refractivity (Wildman–Crippen MR) is 66.4 cm³/mol. The van der Waals surface area contributed by atoms with Crippen LogP contribution in [0.5, 0.6) is 5.75 Å². The molecule has 0 aromatic heterocycles. The SMILES string of the molecule is CC(Oc1cccc(S(C)(=O)=O)c1)C(N)=S. The molecule has 88 valence electrons. The van der Waals surface area contributed by atoms with Crippen LogP contribution in [-0.2, 0) is 9.84 Å². The van der Waals surface area contributed by atoms with Crippen molar-refractivity contribution in [1.82, 2.24) is 0 Å². The number of nitrogens with two attached hydrogens (primary N) is 1. The van der Waals surface area contributed by atoms with Gasteiger partial charge in [-0.15, -0.1) is 0 Å². The number of rotatable bonds is 4. The first-order valence-corrected chi connectivity index (χ1v) is 6.87. The van der Waals surface area contributed by atoms with Crippen LogP contribution < -0.4 is 10.5 Å². The van der Waals surface area contributed by atoms with Crippen LogP contribution in [0.15, 0.2) is 29.2 Å². The maximum absolute atomic E-state index is 11.3. The molecule has 0 saturated heterocycles. The van der Waals surface area contributed by atoms with Crippen LogP contribution in [0, 0.1) is 0 Å². The summed E-state index contributed by atoms with van der Waals surface area (Å²) in [6, 6.07) is 6.22. The lowest BCUT2D eigenvalue weighted by molar-refractivity contribution is 0.287. The highest BCUT2D eigenvalue weighted by atomic mass is 32.2. The molecule has 1 aromatic rings. The normalized spacial score (nSPS) is 13.1. The summed E-state index contributed by atoms with van der Waals surface area (Å²) in [5.74, 6) is 0.434. The highest BCUT2D eigenvalue weighted by Gasteiger charge is 2.10. The van der Waals surface area contributed by atoms with Crippen LogP contribution >= 0.6 is 12.2 Å². The molecule has 16 heavy (non-hydrogen) atoms. The molecule has 0 radical (unpaired) electrons. The summed E-state index contributed by atoms with van der Waals surface area (Å²) < 4.78 is 28.0. The maximum Gasteiger partial charge on any atom is 0.175 e. The molecule has 1 atom stereocenters. The van der Waals surface area contributed by atoms with Gasteiger partial charge in [0.15, 0.2) is 9.84 Å². The Morgan fingerprint density at radius 2 is 2.12 bits per heavy atom. The van der Waals surface area contributed by atoms with Gasteiger partial charge in [0.2, 0.25) is 0 Å². The van der Waals surface area contributed by atoms with E-state index in [4.69, 9.17) is 22.7 Å². The van der Waals surface area contributed by atoms with Crippen LogP contribution in [0.4, 0.5) is 0 Å². The predicted octanol–water partition coefficient (Wildman–Crippen LogP) is 1.14. The van der Waals surface area contributed by atoms with E-state index in [1.54, 1.807) is 19.1 Å². The molecule has 6 heteroatoms. The smallest absolute Gasteiger partial charge is 0.175 e. The molecule has 0 aliphatic rings. The third-order valence-electron chi connectivity index (χ3n) is 1.95. The Labute approximate surface area is 100 Å². The van der Waals surface area contributed by atoms with E-state index in [1.165, 1.54) is 12.1 Å². The first-order chi connectivity index (χ1) is 7.30. The summed E-state index contributed by atoms with van der Waals surface area (Å²) in [6.07, 6.45) is 0.716. The van der Waals surface area contributed by atoms with E-state index in [0.717, 1.165) is 6.26 Å². The number of thiocarbonyl (C=S) groups is 1. The molecule has 0 heterocycles. The summed E-state index contributed by atoms with van der Waals surface area (Å²) in [5, 5.41) is 0. The lowest BCUT2D eigenvalue weighted by Gasteiger charge is -2.13. The Morgan fingerprint density at radius 3 is 2.62 bits per heavy atom. The molecule has 0 aliphatic heterocycles. The lowest BCUT2D eigenvalue weighted by atomic mass is 10.3. The van der Waals surface area contributed by atoms with Gasteiger partial charge in [-0.05, 0) is 25.1 Å². The molecule has 1 aromatic carbocycles. The van der Waals surface area contributed by atoms with Crippen LogP contribution in [-0.4, -0.2) is 25.8 Å². The fourth-order valence-electron chi connectivity index (χ4n) is 1.04. The monoisotopic (exact) mass is 259 g/mol. The minimum absolute atomic E-state index is 0.208. The standard InChI is InChI=1S/C10H13NO3S2/c1-7(10(11)15)14-8-4-3-5-9(6-8)16(2,12)13/h3-7H,1-2H3,(H2,11,15). The van der Waals surface area contributed by atoms with Gasteiger partial charge in [0.25, 0.3) is 0 Å². The van der Waals surface area contributed by atoms with Gasteiger partial charge >= 0.3 is 0 Å². The van der Waals surface area contributed by atoms with Crippen molar-refractivity contribution < 1.29 is 13.2 Å². The van der Waals surface area contributed by atoms with Gasteiger partial charge in [-0.25, -0.2) is 8.42 Å². The molecular weight excluding hydrogens is 246 g/mol. The number of sulfone groups is 1. The van der Waals surface area contributed by atoms with Gasteiger partial charge in [-0.2, -0.15) is 0 Å². The zero-order valence-electron chi connectivity index (χ0n) is 9.01. The molecule has 0 saturated carbocycles. The zero-order chi connectivity index (χ0) is 12.3. The third kappa shape index (κ3) is 3.46. The van der Waals surface area contributed by atoms with Crippen LogP contribution in [0.1, 0.15) is 6.92 Å². The van der Waals surface area contributed by atoms with Crippen molar-refractivity contribution in [2.45, 2.75) is 17.9 Å². The van der Waals surface area contributed by atoms with Gasteiger partial charge in [-0.1, -0.05) is 18.3 Å². The highest BCUT2D eigenvalue weighted by Crippen LogP contribution is 2.18. The largest absolute Gasteiger partial charge is 0.484 e. The van der Waals surface area contributed by atoms with E-state index in [0.29, 0.717) is 5.75 Å². The van der Waals surface area contributed by atoms with Crippen molar-refractivity contribution >= 4 is 27.0 Å². The summed E-state index contributed by atoms with van der Waals surface area (Å²) in [7, 11) is -3.23. The van der Waals surface area contributed by atoms with Crippen LogP contribution in [0.25, 0.3) is 0 Å².